The molecule has 0 aliphatic carbocycles. The van der Waals surface area contributed by atoms with Gasteiger partial charge in [-0.05, 0) is 18.4 Å². The van der Waals surface area contributed by atoms with E-state index in [9.17, 15) is 4.79 Å². The van der Waals surface area contributed by atoms with Gasteiger partial charge in [0.2, 0.25) is 5.91 Å². The molecule has 1 aromatic rings. The van der Waals surface area contributed by atoms with Crippen molar-refractivity contribution in [2.45, 2.75) is 32.9 Å². The minimum Gasteiger partial charge on any atom is -0.380 e. The number of methoxy groups -OCH3 is 1. The van der Waals surface area contributed by atoms with Gasteiger partial charge in [0.1, 0.15) is 0 Å². The van der Waals surface area contributed by atoms with Crippen LogP contribution in [0.3, 0.4) is 0 Å². The summed E-state index contributed by atoms with van der Waals surface area (Å²) in [5, 5.41) is 2.86. The molecule has 0 saturated heterocycles. The number of nitrogens with one attached hydrogen (secondary N) is 1. The standard InChI is InChI=1S/C14H22N2O2/c1-10(2)8-12(15)14(17)16-13-7-5-4-6-11(13)9-18-3/h4-7,10,12H,8-9,15H2,1-3H3,(H,16,17)/t12-/m0/s1. The summed E-state index contributed by atoms with van der Waals surface area (Å²) < 4.78 is 5.09. The van der Waals surface area contributed by atoms with E-state index in [0.29, 0.717) is 18.9 Å². The highest BCUT2D eigenvalue weighted by Crippen LogP contribution is 2.16. The van der Waals surface area contributed by atoms with Gasteiger partial charge in [-0.1, -0.05) is 32.0 Å². The number of para-hydroxylation sites is 1. The zero-order chi connectivity index (χ0) is 13.5. The smallest absolute Gasteiger partial charge is 0.241 e. The second kappa shape index (κ2) is 7.13. The number of nitrogens with two attached hydrogens (primary N) is 1. The monoisotopic (exact) mass is 250 g/mol. The van der Waals surface area contributed by atoms with Crippen LogP contribution in [0, 0.1) is 5.92 Å². The van der Waals surface area contributed by atoms with Crippen molar-refractivity contribution in [2.24, 2.45) is 11.7 Å². The minimum atomic E-state index is -0.472. The maximum absolute atomic E-state index is 11.9. The summed E-state index contributed by atoms with van der Waals surface area (Å²) in [6.07, 6.45) is 0.679. The lowest BCUT2D eigenvalue weighted by Gasteiger charge is -2.16. The van der Waals surface area contributed by atoms with E-state index in [4.69, 9.17) is 10.5 Å². The van der Waals surface area contributed by atoms with Gasteiger partial charge in [-0.15, -0.1) is 0 Å². The number of benzene rings is 1. The molecule has 18 heavy (non-hydrogen) atoms. The van der Waals surface area contributed by atoms with Crippen LogP contribution in [0.2, 0.25) is 0 Å². The Labute approximate surface area is 109 Å². The minimum absolute atomic E-state index is 0.146. The van der Waals surface area contributed by atoms with Crippen LogP contribution in [0.4, 0.5) is 5.69 Å². The fourth-order valence-electron chi connectivity index (χ4n) is 1.76. The molecule has 0 heterocycles. The van der Waals surface area contributed by atoms with E-state index in [-0.39, 0.29) is 5.91 Å². The maximum Gasteiger partial charge on any atom is 0.241 e. The van der Waals surface area contributed by atoms with Crippen molar-refractivity contribution < 1.29 is 9.53 Å². The number of ether oxygens (including phenoxy) is 1. The summed E-state index contributed by atoms with van der Waals surface area (Å²) in [5.41, 5.74) is 7.56. The molecule has 1 amide bonds. The van der Waals surface area contributed by atoms with E-state index in [2.05, 4.69) is 5.32 Å². The first kappa shape index (κ1) is 14.7. The lowest BCUT2D eigenvalue weighted by molar-refractivity contribution is -0.117. The third-order valence-corrected chi connectivity index (χ3v) is 2.64. The van der Waals surface area contributed by atoms with Gasteiger partial charge in [0.25, 0.3) is 0 Å². The number of anilines is 1. The lowest BCUT2D eigenvalue weighted by Crippen LogP contribution is -2.36. The average molecular weight is 250 g/mol. The van der Waals surface area contributed by atoms with Gasteiger partial charge in [-0.2, -0.15) is 0 Å². The van der Waals surface area contributed by atoms with Crippen LogP contribution in [-0.2, 0) is 16.1 Å². The Hall–Kier alpha value is -1.39. The van der Waals surface area contributed by atoms with E-state index in [1.54, 1.807) is 7.11 Å². The summed E-state index contributed by atoms with van der Waals surface area (Å²) >= 11 is 0. The Bertz CT molecular complexity index is 391. The van der Waals surface area contributed by atoms with Crippen molar-refractivity contribution in [3.8, 4) is 0 Å². The SMILES string of the molecule is COCc1ccccc1NC(=O)[C@@H](N)CC(C)C. The molecular formula is C14H22N2O2. The fourth-order valence-corrected chi connectivity index (χ4v) is 1.76. The van der Waals surface area contributed by atoms with Crippen molar-refractivity contribution in [1.29, 1.82) is 0 Å². The highest BCUT2D eigenvalue weighted by atomic mass is 16.5. The molecule has 1 atom stereocenters. The zero-order valence-corrected chi connectivity index (χ0v) is 11.3. The van der Waals surface area contributed by atoms with Gasteiger partial charge < -0.3 is 15.8 Å². The topological polar surface area (TPSA) is 64.3 Å². The molecule has 3 N–H and O–H groups in total. The van der Waals surface area contributed by atoms with Crippen LogP contribution in [-0.4, -0.2) is 19.1 Å². The Morgan fingerprint density at radius 1 is 1.39 bits per heavy atom. The molecule has 1 rings (SSSR count). The number of carbonyl (C=O) groups excluding carboxylic acids is 1. The number of hydrogen-bond donors (Lipinski definition) is 2. The highest BCUT2D eigenvalue weighted by molar-refractivity contribution is 5.95. The van der Waals surface area contributed by atoms with E-state index in [1.165, 1.54) is 0 Å². The number of hydrogen-bond acceptors (Lipinski definition) is 3. The van der Waals surface area contributed by atoms with Crippen LogP contribution < -0.4 is 11.1 Å². The van der Waals surface area contributed by atoms with Gasteiger partial charge in [-0.25, -0.2) is 0 Å². The van der Waals surface area contributed by atoms with Gasteiger partial charge in [0.05, 0.1) is 12.6 Å². The molecule has 0 spiro atoms. The highest BCUT2D eigenvalue weighted by Gasteiger charge is 2.16. The molecule has 4 heteroatoms. The molecule has 0 aliphatic heterocycles. The lowest BCUT2D eigenvalue weighted by atomic mass is 10.0. The van der Waals surface area contributed by atoms with Crippen molar-refractivity contribution >= 4 is 11.6 Å². The largest absolute Gasteiger partial charge is 0.380 e. The molecule has 0 aromatic heterocycles. The first-order valence-electron chi connectivity index (χ1n) is 6.18. The van der Waals surface area contributed by atoms with Crippen molar-refractivity contribution in [3.63, 3.8) is 0 Å². The van der Waals surface area contributed by atoms with Gasteiger partial charge in [-0.3, -0.25) is 4.79 Å². The van der Waals surface area contributed by atoms with Crippen LogP contribution in [0.5, 0.6) is 0 Å². The second-order valence-corrected chi connectivity index (χ2v) is 4.82. The van der Waals surface area contributed by atoms with E-state index in [1.807, 2.05) is 38.1 Å². The van der Waals surface area contributed by atoms with E-state index in [0.717, 1.165) is 11.3 Å². The number of rotatable bonds is 6. The third-order valence-electron chi connectivity index (χ3n) is 2.64. The Morgan fingerprint density at radius 2 is 2.06 bits per heavy atom. The Morgan fingerprint density at radius 3 is 2.67 bits per heavy atom. The molecule has 0 aliphatic rings. The second-order valence-electron chi connectivity index (χ2n) is 4.82. The predicted molar refractivity (Wildman–Crippen MR) is 73.2 cm³/mol. The Kier molecular flexibility index (Phi) is 5.82. The average Bonchev–Trinajstić information content (AvgIpc) is 2.31. The first-order valence-corrected chi connectivity index (χ1v) is 6.18. The maximum atomic E-state index is 11.9. The molecule has 0 radical (unpaired) electrons. The normalized spacial score (nSPS) is 12.5. The summed E-state index contributed by atoms with van der Waals surface area (Å²) in [4.78, 5) is 11.9. The predicted octanol–water partition coefficient (Wildman–Crippen LogP) is 2.14. The van der Waals surface area contributed by atoms with Crippen LogP contribution in [0.1, 0.15) is 25.8 Å². The van der Waals surface area contributed by atoms with Crippen LogP contribution >= 0.6 is 0 Å². The molecule has 100 valence electrons. The number of amides is 1. The quantitative estimate of drug-likeness (QED) is 0.813. The Balaban J connectivity index is 2.69. The van der Waals surface area contributed by atoms with Gasteiger partial charge in [0.15, 0.2) is 0 Å². The summed E-state index contributed by atoms with van der Waals surface area (Å²) in [6.45, 7) is 4.56. The fraction of sp³-hybridized carbons (Fsp3) is 0.500. The first-order chi connectivity index (χ1) is 8.54. The van der Waals surface area contributed by atoms with Crippen molar-refractivity contribution in [3.05, 3.63) is 29.8 Å². The molecule has 4 nitrogen and oxygen atoms in total. The van der Waals surface area contributed by atoms with E-state index < -0.39 is 6.04 Å². The third kappa shape index (κ3) is 4.47. The molecular weight excluding hydrogens is 228 g/mol. The number of carbonyl (C=O) groups is 1. The summed E-state index contributed by atoms with van der Waals surface area (Å²) in [7, 11) is 1.63. The molecule has 0 fully saturated rings. The summed E-state index contributed by atoms with van der Waals surface area (Å²) in [6, 6.07) is 7.10. The van der Waals surface area contributed by atoms with Gasteiger partial charge >= 0.3 is 0 Å². The molecule has 0 bridgehead atoms. The molecule has 0 unspecified atom stereocenters. The van der Waals surface area contributed by atoms with Crippen LogP contribution in [0.15, 0.2) is 24.3 Å². The zero-order valence-electron chi connectivity index (χ0n) is 11.3. The molecule has 1 aromatic carbocycles. The van der Waals surface area contributed by atoms with Gasteiger partial charge in [0, 0.05) is 18.4 Å². The summed E-state index contributed by atoms with van der Waals surface area (Å²) in [5.74, 6) is 0.257. The van der Waals surface area contributed by atoms with Crippen molar-refractivity contribution in [2.75, 3.05) is 12.4 Å². The van der Waals surface area contributed by atoms with E-state index >= 15 is 0 Å². The van der Waals surface area contributed by atoms with Crippen molar-refractivity contribution in [1.82, 2.24) is 0 Å². The van der Waals surface area contributed by atoms with Crippen LogP contribution in [0.25, 0.3) is 0 Å². The molecule has 0 saturated carbocycles.